The van der Waals surface area contributed by atoms with Gasteiger partial charge in [0.25, 0.3) is 5.91 Å². The van der Waals surface area contributed by atoms with Crippen LogP contribution in [0.4, 0.5) is 5.00 Å². The van der Waals surface area contributed by atoms with Crippen molar-refractivity contribution in [3.63, 3.8) is 0 Å². The topological polar surface area (TPSA) is 81.7 Å². The quantitative estimate of drug-likeness (QED) is 0.687. The molecule has 8 heteroatoms. The molecule has 0 saturated heterocycles. The lowest BCUT2D eigenvalue weighted by Crippen LogP contribution is -2.22. The summed E-state index contributed by atoms with van der Waals surface area (Å²) in [6, 6.07) is 3.70. The second kappa shape index (κ2) is 9.34. The fraction of sp³-hybridized carbons (Fsp3) is 0.450. The minimum absolute atomic E-state index is 0.143. The summed E-state index contributed by atoms with van der Waals surface area (Å²) in [4.78, 5) is 38.6. The molecule has 2 aromatic rings. The highest BCUT2D eigenvalue weighted by molar-refractivity contribution is 7.17. The number of hydrogen-bond acceptors (Lipinski definition) is 7. The van der Waals surface area contributed by atoms with Gasteiger partial charge in [-0.3, -0.25) is 9.59 Å². The normalized spacial score (nSPS) is 15.6. The van der Waals surface area contributed by atoms with Gasteiger partial charge < -0.3 is 14.8 Å². The summed E-state index contributed by atoms with van der Waals surface area (Å²) in [6.07, 6.45) is 2.83. The first-order valence-corrected chi connectivity index (χ1v) is 11.0. The van der Waals surface area contributed by atoms with Crippen molar-refractivity contribution in [3.05, 3.63) is 38.4 Å². The Morgan fingerprint density at radius 3 is 2.82 bits per heavy atom. The van der Waals surface area contributed by atoms with Gasteiger partial charge >= 0.3 is 11.9 Å². The molecule has 0 spiro atoms. The summed E-state index contributed by atoms with van der Waals surface area (Å²) in [5.41, 5.74) is 1.43. The average molecular weight is 422 g/mol. The first-order valence-electron chi connectivity index (χ1n) is 9.27. The van der Waals surface area contributed by atoms with Crippen LogP contribution < -0.4 is 5.32 Å². The first-order chi connectivity index (χ1) is 13.5. The Morgan fingerprint density at radius 2 is 2.11 bits per heavy atom. The van der Waals surface area contributed by atoms with E-state index in [0.29, 0.717) is 16.5 Å². The van der Waals surface area contributed by atoms with Gasteiger partial charge in [0.2, 0.25) is 0 Å². The Morgan fingerprint density at radius 1 is 1.29 bits per heavy atom. The predicted molar refractivity (Wildman–Crippen MR) is 109 cm³/mol. The summed E-state index contributed by atoms with van der Waals surface area (Å²) in [5, 5.41) is 5.10. The van der Waals surface area contributed by atoms with Gasteiger partial charge in [0.1, 0.15) is 5.00 Å². The molecule has 2 aromatic heterocycles. The van der Waals surface area contributed by atoms with E-state index in [1.807, 2.05) is 17.5 Å². The largest absolute Gasteiger partial charge is 0.462 e. The number of nitrogens with one attached hydrogen (secondary N) is 1. The maximum Gasteiger partial charge on any atom is 0.341 e. The average Bonchev–Trinajstić information content (AvgIpc) is 3.27. The van der Waals surface area contributed by atoms with Gasteiger partial charge in [-0.15, -0.1) is 22.7 Å². The maximum absolute atomic E-state index is 12.5. The molecule has 1 N–H and O–H groups in total. The number of ether oxygens (including phenoxy) is 2. The van der Waals surface area contributed by atoms with Crippen LogP contribution in [0.3, 0.4) is 0 Å². The van der Waals surface area contributed by atoms with Crippen LogP contribution in [0, 0.1) is 5.92 Å². The highest BCUT2D eigenvalue weighted by Crippen LogP contribution is 2.40. The van der Waals surface area contributed by atoms with Gasteiger partial charge in [-0.05, 0) is 49.1 Å². The molecular formula is C20H23NO5S2. The molecule has 28 heavy (non-hydrogen) atoms. The summed E-state index contributed by atoms with van der Waals surface area (Å²) < 4.78 is 10.3. The molecule has 6 nitrogen and oxygen atoms in total. The second-order valence-electron chi connectivity index (χ2n) is 6.74. The third kappa shape index (κ3) is 4.99. The number of amides is 1. The Balaban J connectivity index is 1.66. The van der Waals surface area contributed by atoms with Gasteiger partial charge in [-0.1, -0.05) is 13.0 Å². The molecule has 1 aliphatic rings. The van der Waals surface area contributed by atoms with Crippen molar-refractivity contribution in [1.82, 2.24) is 0 Å². The van der Waals surface area contributed by atoms with Gasteiger partial charge in [0.05, 0.1) is 18.6 Å². The van der Waals surface area contributed by atoms with Crippen LogP contribution in [-0.4, -0.2) is 31.1 Å². The van der Waals surface area contributed by atoms with Gasteiger partial charge in [-0.2, -0.15) is 0 Å². The molecule has 0 bridgehead atoms. The van der Waals surface area contributed by atoms with E-state index in [1.54, 1.807) is 6.92 Å². The molecule has 0 fully saturated rings. The smallest absolute Gasteiger partial charge is 0.341 e. The minimum atomic E-state index is -0.461. The molecule has 1 aliphatic carbocycles. The van der Waals surface area contributed by atoms with E-state index in [2.05, 4.69) is 12.2 Å². The number of esters is 2. The predicted octanol–water partition coefficient (Wildman–Crippen LogP) is 3.84. The zero-order valence-electron chi connectivity index (χ0n) is 15.9. The lowest BCUT2D eigenvalue weighted by molar-refractivity contribution is -0.146. The van der Waals surface area contributed by atoms with E-state index >= 15 is 0 Å². The number of carbonyl (C=O) groups excluding carboxylic acids is 3. The van der Waals surface area contributed by atoms with E-state index < -0.39 is 17.8 Å². The van der Waals surface area contributed by atoms with Gasteiger partial charge in [0, 0.05) is 9.75 Å². The summed E-state index contributed by atoms with van der Waals surface area (Å²) in [7, 11) is 0. The fourth-order valence-electron chi connectivity index (χ4n) is 3.17. The zero-order chi connectivity index (χ0) is 20.1. The van der Waals surface area contributed by atoms with Crippen molar-refractivity contribution < 1.29 is 23.9 Å². The Bertz CT molecular complexity index is 856. The monoisotopic (exact) mass is 421 g/mol. The molecule has 2 heterocycles. The molecule has 0 radical (unpaired) electrons. The second-order valence-corrected chi connectivity index (χ2v) is 8.88. The highest BCUT2D eigenvalue weighted by atomic mass is 32.1. The minimum Gasteiger partial charge on any atom is -0.462 e. The van der Waals surface area contributed by atoms with Crippen LogP contribution >= 0.6 is 22.7 Å². The maximum atomic E-state index is 12.5. The lowest BCUT2D eigenvalue weighted by atomic mass is 9.88. The van der Waals surface area contributed by atoms with Crippen molar-refractivity contribution in [3.8, 4) is 0 Å². The van der Waals surface area contributed by atoms with Gasteiger partial charge in [-0.25, -0.2) is 4.79 Å². The Kier molecular flexibility index (Phi) is 6.85. The molecule has 1 amide bonds. The number of anilines is 1. The van der Waals surface area contributed by atoms with Crippen LogP contribution in [0.25, 0.3) is 0 Å². The number of thiophene rings is 2. The third-order valence-corrected chi connectivity index (χ3v) is 6.55. The summed E-state index contributed by atoms with van der Waals surface area (Å²) in [6.45, 7) is 3.82. The van der Waals surface area contributed by atoms with E-state index in [4.69, 9.17) is 9.47 Å². The molecule has 150 valence electrons. The van der Waals surface area contributed by atoms with Crippen LogP contribution in [0.5, 0.6) is 0 Å². The third-order valence-electron chi connectivity index (χ3n) is 4.51. The molecule has 0 saturated carbocycles. The molecule has 0 unspecified atom stereocenters. The standard InChI is InChI=1S/C20H23NO5S2/c1-3-25-20(24)18-14-7-6-12(2)9-15(14)28-19(18)21-16(22)11-26-17(23)10-13-5-4-8-27-13/h4-5,8,12H,3,6-7,9-11H2,1-2H3,(H,21,22)/t12-/m1/s1. The van der Waals surface area contributed by atoms with Crippen molar-refractivity contribution in [2.75, 3.05) is 18.5 Å². The number of fused-ring (bicyclic) bond motifs is 1. The molecule has 1 atom stereocenters. The first kappa shape index (κ1) is 20.5. The number of rotatable bonds is 7. The lowest BCUT2D eigenvalue weighted by Gasteiger charge is -2.18. The van der Waals surface area contributed by atoms with Crippen molar-refractivity contribution in [2.45, 2.75) is 39.5 Å². The van der Waals surface area contributed by atoms with Crippen LogP contribution in [0.2, 0.25) is 0 Å². The Hall–Kier alpha value is -2.19. The van der Waals surface area contributed by atoms with E-state index in [-0.39, 0.29) is 19.6 Å². The molecule has 0 aliphatic heterocycles. The zero-order valence-corrected chi connectivity index (χ0v) is 17.5. The van der Waals surface area contributed by atoms with Crippen LogP contribution in [0.1, 0.15) is 45.9 Å². The molecule has 0 aromatic carbocycles. The van der Waals surface area contributed by atoms with E-state index in [0.717, 1.165) is 34.6 Å². The van der Waals surface area contributed by atoms with E-state index in [9.17, 15) is 14.4 Å². The number of hydrogen-bond donors (Lipinski definition) is 1. The molecule has 3 rings (SSSR count). The summed E-state index contributed by atoms with van der Waals surface area (Å²) >= 11 is 2.88. The van der Waals surface area contributed by atoms with Crippen molar-refractivity contribution in [1.29, 1.82) is 0 Å². The van der Waals surface area contributed by atoms with Gasteiger partial charge in [0.15, 0.2) is 6.61 Å². The van der Waals surface area contributed by atoms with Crippen molar-refractivity contribution in [2.24, 2.45) is 5.92 Å². The Labute approximate surface area is 171 Å². The SMILES string of the molecule is CCOC(=O)c1c(NC(=O)COC(=O)Cc2cccs2)sc2c1CC[C@@H](C)C2. The van der Waals surface area contributed by atoms with E-state index in [1.165, 1.54) is 22.7 Å². The van der Waals surface area contributed by atoms with Crippen LogP contribution in [-0.2, 0) is 38.3 Å². The molecular weight excluding hydrogens is 398 g/mol. The highest BCUT2D eigenvalue weighted by Gasteiger charge is 2.29. The summed E-state index contributed by atoms with van der Waals surface area (Å²) in [5.74, 6) is -0.790. The van der Waals surface area contributed by atoms with Crippen molar-refractivity contribution >= 4 is 45.5 Å². The fourth-order valence-corrected chi connectivity index (χ4v) is 5.28. The number of carbonyl (C=O) groups is 3. The van der Waals surface area contributed by atoms with Crippen LogP contribution in [0.15, 0.2) is 17.5 Å².